The number of carbonyl (C=O) groups is 1. The fourth-order valence-corrected chi connectivity index (χ4v) is 4.47. The van der Waals surface area contributed by atoms with Crippen molar-refractivity contribution in [3.63, 3.8) is 0 Å². The highest BCUT2D eigenvalue weighted by atomic mass is 32.2. The van der Waals surface area contributed by atoms with E-state index in [0.717, 1.165) is 0 Å². The van der Waals surface area contributed by atoms with Crippen molar-refractivity contribution in [1.82, 2.24) is 0 Å². The number of carbonyl (C=O) groups excluding carboxylic acids is 1. The summed E-state index contributed by atoms with van der Waals surface area (Å²) in [4.78, 5) is 12.8. The molecule has 0 saturated carbocycles. The molecule has 27 heavy (non-hydrogen) atoms. The number of sulfone groups is 1. The Balaban J connectivity index is 1.90. The second kappa shape index (κ2) is 8.10. The SMILES string of the molecule is O=C(Nc1ccc(SC(F)F)cc1)C1=C(c2ccccc2)S(=O)(=O)CCO1. The van der Waals surface area contributed by atoms with Crippen LogP contribution in [-0.4, -0.2) is 32.4 Å². The number of benzene rings is 2. The first-order chi connectivity index (χ1) is 12.9. The molecule has 1 heterocycles. The number of hydrogen-bond acceptors (Lipinski definition) is 5. The first-order valence-electron chi connectivity index (χ1n) is 7.88. The standard InChI is InChI=1S/C18H15F2NO4S2/c19-18(20)26-14-8-6-13(7-9-14)21-17(22)15-16(12-4-2-1-3-5-12)27(23,24)11-10-25-15/h1-9,18H,10-11H2,(H,21,22). The maximum absolute atomic E-state index is 12.6. The highest BCUT2D eigenvalue weighted by Gasteiger charge is 2.33. The van der Waals surface area contributed by atoms with Crippen molar-refractivity contribution in [2.24, 2.45) is 0 Å². The van der Waals surface area contributed by atoms with Crippen LogP contribution >= 0.6 is 11.8 Å². The van der Waals surface area contributed by atoms with Crippen LogP contribution < -0.4 is 5.32 Å². The van der Waals surface area contributed by atoms with E-state index in [4.69, 9.17) is 4.74 Å². The zero-order valence-corrected chi connectivity index (χ0v) is 15.5. The summed E-state index contributed by atoms with van der Waals surface area (Å²) in [5, 5.41) is 2.55. The Morgan fingerprint density at radius 3 is 2.37 bits per heavy atom. The molecule has 0 atom stereocenters. The van der Waals surface area contributed by atoms with E-state index < -0.39 is 21.5 Å². The summed E-state index contributed by atoms with van der Waals surface area (Å²) >= 11 is 0.392. The molecule has 3 rings (SSSR count). The number of anilines is 1. The second-order valence-corrected chi connectivity index (χ2v) is 8.66. The molecule has 0 fully saturated rings. The van der Waals surface area contributed by atoms with E-state index >= 15 is 0 Å². The second-order valence-electron chi connectivity index (χ2n) is 5.55. The minimum atomic E-state index is -3.68. The van der Waals surface area contributed by atoms with Gasteiger partial charge in [-0.05, 0) is 29.8 Å². The summed E-state index contributed by atoms with van der Waals surface area (Å²) in [6.07, 6.45) is 0. The van der Waals surface area contributed by atoms with Gasteiger partial charge in [0.05, 0.1) is 5.75 Å². The van der Waals surface area contributed by atoms with Gasteiger partial charge in [0, 0.05) is 10.6 Å². The van der Waals surface area contributed by atoms with Gasteiger partial charge in [-0.25, -0.2) is 8.42 Å². The van der Waals surface area contributed by atoms with Gasteiger partial charge >= 0.3 is 0 Å². The van der Waals surface area contributed by atoms with Crippen molar-refractivity contribution < 1.29 is 26.7 Å². The fourth-order valence-electron chi connectivity index (χ4n) is 2.54. The highest BCUT2D eigenvalue weighted by molar-refractivity contribution is 8.00. The third kappa shape index (κ3) is 4.67. The molecule has 5 nitrogen and oxygen atoms in total. The van der Waals surface area contributed by atoms with Gasteiger partial charge in [0.15, 0.2) is 9.84 Å². The summed E-state index contributed by atoms with van der Waals surface area (Å²) in [5.41, 5.74) is 0.705. The molecule has 0 spiro atoms. The van der Waals surface area contributed by atoms with Crippen LogP contribution in [0.2, 0.25) is 0 Å². The molecular weight excluding hydrogens is 396 g/mol. The van der Waals surface area contributed by atoms with Crippen LogP contribution in [0.3, 0.4) is 0 Å². The van der Waals surface area contributed by atoms with Crippen molar-refractivity contribution in [3.8, 4) is 0 Å². The lowest BCUT2D eigenvalue weighted by molar-refractivity contribution is -0.115. The van der Waals surface area contributed by atoms with Gasteiger partial charge in [-0.15, -0.1) is 0 Å². The minimum Gasteiger partial charge on any atom is -0.486 e. The number of thioether (sulfide) groups is 1. The first kappa shape index (κ1) is 19.4. The lowest BCUT2D eigenvalue weighted by Gasteiger charge is -2.21. The van der Waals surface area contributed by atoms with Crippen molar-refractivity contribution >= 4 is 38.1 Å². The molecule has 0 unspecified atom stereocenters. The molecule has 2 aromatic carbocycles. The smallest absolute Gasteiger partial charge is 0.292 e. The number of nitrogens with one attached hydrogen (secondary N) is 1. The third-order valence-electron chi connectivity index (χ3n) is 3.70. The Morgan fingerprint density at radius 1 is 1.07 bits per heavy atom. The van der Waals surface area contributed by atoms with Crippen molar-refractivity contribution in [3.05, 3.63) is 65.9 Å². The van der Waals surface area contributed by atoms with E-state index in [0.29, 0.717) is 27.9 Å². The molecule has 0 aromatic heterocycles. The molecule has 1 N–H and O–H groups in total. The molecule has 1 aliphatic heterocycles. The topological polar surface area (TPSA) is 72.5 Å². The van der Waals surface area contributed by atoms with Crippen LogP contribution in [0.5, 0.6) is 0 Å². The molecule has 0 radical (unpaired) electrons. The van der Waals surface area contributed by atoms with E-state index in [-0.39, 0.29) is 23.0 Å². The van der Waals surface area contributed by atoms with Gasteiger partial charge < -0.3 is 10.1 Å². The zero-order chi connectivity index (χ0) is 19.4. The zero-order valence-electron chi connectivity index (χ0n) is 13.9. The number of amides is 1. The Bertz CT molecular complexity index is 959. The van der Waals surface area contributed by atoms with Gasteiger partial charge in [0.1, 0.15) is 11.5 Å². The summed E-state index contributed by atoms with van der Waals surface area (Å²) in [6, 6.07) is 14.1. The average molecular weight is 411 g/mol. The number of ether oxygens (including phenoxy) is 1. The van der Waals surface area contributed by atoms with Crippen LogP contribution in [0.4, 0.5) is 14.5 Å². The molecule has 0 bridgehead atoms. The fraction of sp³-hybridized carbons (Fsp3) is 0.167. The Hall–Kier alpha value is -2.39. The van der Waals surface area contributed by atoms with Crippen molar-refractivity contribution in [2.75, 3.05) is 17.7 Å². The Kier molecular flexibility index (Phi) is 5.81. The average Bonchev–Trinajstić information content (AvgIpc) is 2.62. The predicted molar refractivity (Wildman–Crippen MR) is 100 cm³/mol. The summed E-state index contributed by atoms with van der Waals surface area (Å²) in [7, 11) is -3.68. The van der Waals surface area contributed by atoms with Gasteiger partial charge in [-0.2, -0.15) is 8.78 Å². The molecule has 0 saturated heterocycles. The van der Waals surface area contributed by atoms with Crippen LogP contribution in [0.15, 0.2) is 65.3 Å². The lowest BCUT2D eigenvalue weighted by Crippen LogP contribution is -2.28. The van der Waals surface area contributed by atoms with Crippen LogP contribution in [0, 0.1) is 0 Å². The minimum absolute atomic E-state index is 0.120. The maximum Gasteiger partial charge on any atom is 0.292 e. The number of halogens is 2. The molecule has 2 aromatic rings. The monoisotopic (exact) mass is 411 g/mol. The molecule has 1 amide bonds. The van der Waals surface area contributed by atoms with Crippen molar-refractivity contribution in [2.45, 2.75) is 10.7 Å². The number of hydrogen-bond donors (Lipinski definition) is 1. The largest absolute Gasteiger partial charge is 0.486 e. The van der Waals surface area contributed by atoms with Gasteiger partial charge in [-0.1, -0.05) is 42.1 Å². The molecule has 1 aliphatic rings. The third-order valence-corrected chi connectivity index (χ3v) is 6.16. The van der Waals surface area contributed by atoms with Crippen LogP contribution in [-0.2, 0) is 19.4 Å². The van der Waals surface area contributed by atoms with E-state index in [9.17, 15) is 22.0 Å². The number of alkyl halides is 2. The summed E-state index contributed by atoms with van der Waals surface area (Å²) in [5.74, 6) is -3.75. The molecule has 9 heteroatoms. The normalized spacial score (nSPS) is 16.1. The Labute approximate surface area is 159 Å². The van der Waals surface area contributed by atoms with E-state index in [1.165, 1.54) is 24.3 Å². The summed E-state index contributed by atoms with van der Waals surface area (Å²) in [6.45, 7) is -0.120. The highest BCUT2D eigenvalue weighted by Crippen LogP contribution is 2.31. The molecular formula is C18H15F2NO4S2. The van der Waals surface area contributed by atoms with E-state index in [1.807, 2.05) is 0 Å². The van der Waals surface area contributed by atoms with Gasteiger partial charge in [0.2, 0.25) is 5.76 Å². The molecule has 142 valence electrons. The Morgan fingerprint density at radius 2 is 1.74 bits per heavy atom. The quantitative estimate of drug-likeness (QED) is 0.759. The predicted octanol–water partition coefficient (Wildman–Crippen LogP) is 3.75. The lowest BCUT2D eigenvalue weighted by atomic mass is 10.2. The van der Waals surface area contributed by atoms with Gasteiger partial charge in [-0.3, -0.25) is 4.79 Å². The maximum atomic E-state index is 12.6. The van der Waals surface area contributed by atoms with E-state index in [2.05, 4.69) is 5.32 Å². The van der Waals surface area contributed by atoms with Crippen LogP contribution in [0.1, 0.15) is 5.56 Å². The van der Waals surface area contributed by atoms with E-state index in [1.54, 1.807) is 30.3 Å². The summed E-state index contributed by atoms with van der Waals surface area (Å²) < 4.78 is 55.1. The van der Waals surface area contributed by atoms with Crippen molar-refractivity contribution in [1.29, 1.82) is 0 Å². The molecule has 0 aliphatic carbocycles. The first-order valence-corrected chi connectivity index (χ1v) is 10.4. The number of rotatable bonds is 5. The van der Waals surface area contributed by atoms with Gasteiger partial charge in [0.25, 0.3) is 11.7 Å². The van der Waals surface area contributed by atoms with Crippen LogP contribution in [0.25, 0.3) is 4.91 Å².